The Bertz CT molecular complexity index is 616. The van der Waals surface area contributed by atoms with Gasteiger partial charge in [0.2, 0.25) is 0 Å². The molecule has 0 aromatic heterocycles. The molecule has 2 nitrogen and oxygen atoms in total. The lowest BCUT2D eigenvalue weighted by atomic mass is 10.1. The molecule has 2 aromatic rings. The Balaban J connectivity index is 2.04. The molecule has 0 spiro atoms. The van der Waals surface area contributed by atoms with Gasteiger partial charge >= 0.3 is 0 Å². The van der Waals surface area contributed by atoms with E-state index in [2.05, 4.69) is 0 Å². The van der Waals surface area contributed by atoms with E-state index < -0.39 is 17.7 Å². The number of rotatable bonds is 5. The molecule has 0 radical (unpaired) electrons. The summed E-state index contributed by atoms with van der Waals surface area (Å²) in [6.07, 6.45) is 0. The van der Waals surface area contributed by atoms with Gasteiger partial charge in [0.15, 0.2) is 0 Å². The van der Waals surface area contributed by atoms with E-state index in [1.165, 1.54) is 6.07 Å². The molecule has 1 atom stereocenters. The molecule has 1 unspecified atom stereocenters. The Morgan fingerprint density at radius 1 is 1.05 bits per heavy atom. The lowest BCUT2D eigenvalue weighted by molar-refractivity contribution is 0.298. The molecule has 0 heterocycles. The van der Waals surface area contributed by atoms with E-state index >= 15 is 0 Å². The molecule has 2 N–H and O–H groups in total. The summed E-state index contributed by atoms with van der Waals surface area (Å²) in [5.41, 5.74) is 6.57. The minimum atomic E-state index is -0.683. The molecular weight excluding hydrogens is 277 g/mol. The zero-order chi connectivity index (χ0) is 15.4. The van der Waals surface area contributed by atoms with Crippen LogP contribution in [-0.4, -0.2) is 18.5 Å². The Morgan fingerprint density at radius 2 is 1.76 bits per heavy atom. The summed E-state index contributed by atoms with van der Waals surface area (Å²) in [4.78, 5) is 1.77. The average Bonchev–Trinajstić information content (AvgIpc) is 2.44. The molecule has 0 aliphatic carbocycles. The quantitative estimate of drug-likeness (QED) is 0.917. The fraction of sp³-hybridized carbons (Fsp3) is 0.250. The molecule has 0 aliphatic heterocycles. The maximum atomic E-state index is 13.6. The van der Waals surface area contributed by atoms with Gasteiger partial charge in [0.05, 0.1) is 0 Å². The fourth-order valence-electron chi connectivity index (χ4n) is 2.21. The fourth-order valence-corrected chi connectivity index (χ4v) is 2.21. The molecular formula is C16H17F3N2. The summed E-state index contributed by atoms with van der Waals surface area (Å²) in [5, 5.41) is 0. The van der Waals surface area contributed by atoms with Gasteiger partial charge in [0.1, 0.15) is 17.5 Å². The van der Waals surface area contributed by atoms with Gasteiger partial charge in [-0.15, -0.1) is 0 Å². The van der Waals surface area contributed by atoms with Crippen LogP contribution in [0.15, 0.2) is 42.5 Å². The second-order valence-corrected chi connectivity index (χ2v) is 5.06. The normalized spacial score (nSPS) is 12.7. The first-order valence-electron chi connectivity index (χ1n) is 6.60. The first-order chi connectivity index (χ1) is 9.97. The first kappa shape index (κ1) is 15.5. The first-order valence-corrected chi connectivity index (χ1v) is 6.60. The molecule has 0 saturated carbocycles. The molecule has 112 valence electrons. The number of hydrogen-bond acceptors (Lipinski definition) is 2. The summed E-state index contributed by atoms with van der Waals surface area (Å²) < 4.78 is 40.4. The summed E-state index contributed by atoms with van der Waals surface area (Å²) in [6, 6.07) is 8.95. The Morgan fingerprint density at radius 3 is 2.48 bits per heavy atom. The van der Waals surface area contributed by atoms with Gasteiger partial charge in [-0.3, -0.25) is 0 Å². The molecule has 0 aliphatic rings. The summed E-state index contributed by atoms with van der Waals surface area (Å²) >= 11 is 0. The van der Waals surface area contributed by atoms with Crippen LogP contribution in [0.5, 0.6) is 0 Å². The molecule has 21 heavy (non-hydrogen) atoms. The van der Waals surface area contributed by atoms with E-state index in [0.717, 1.165) is 18.2 Å². The average molecular weight is 294 g/mol. The van der Waals surface area contributed by atoms with Crippen LogP contribution >= 0.6 is 0 Å². The van der Waals surface area contributed by atoms with Crippen LogP contribution in [0.1, 0.15) is 17.2 Å². The third-order valence-corrected chi connectivity index (χ3v) is 3.26. The molecule has 0 bridgehead atoms. The van der Waals surface area contributed by atoms with Crippen LogP contribution in [-0.2, 0) is 6.54 Å². The molecule has 2 rings (SSSR count). The van der Waals surface area contributed by atoms with Crippen LogP contribution in [0.2, 0.25) is 0 Å². The van der Waals surface area contributed by atoms with E-state index in [9.17, 15) is 13.2 Å². The van der Waals surface area contributed by atoms with Crippen LogP contribution in [0.25, 0.3) is 0 Å². The minimum absolute atomic E-state index is 0.121. The molecule has 2 aromatic carbocycles. The highest BCUT2D eigenvalue weighted by molar-refractivity contribution is 5.22. The second-order valence-electron chi connectivity index (χ2n) is 5.06. The van der Waals surface area contributed by atoms with Crippen molar-refractivity contribution >= 4 is 0 Å². The number of benzene rings is 2. The smallest absolute Gasteiger partial charge is 0.128 e. The van der Waals surface area contributed by atoms with Crippen molar-refractivity contribution in [3.63, 3.8) is 0 Å². The maximum Gasteiger partial charge on any atom is 0.128 e. The maximum absolute atomic E-state index is 13.6. The van der Waals surface area contributed by atoms with Crippen molar-refractivity contribution in [2.45, 2.75) is 12.6 Å². The predicted molar refractivity (Wildman–Crippen MR) is 76.0 cm³/mol. The minimum Gasteiger partial charge on any atom is -0.323 e. The summed E-state index contributed by atoms with van der Waals surface area (Å²) in [6.45, 7) is 0.631. The van der Waals surface area contributed by atoms with Crippen molar-refractivity contribution < 1.29 is 13.2 Å². The number of likely N-dealkylation sites (N-methyl/N-ethyl adjacent to an activating group) is 1. The van der Waals surface area contributed by atoms with E-state index in [-0.39, 0.29) is 17.9 Å². The summed E-state index contributed by atoms with van der Waals surface area (Å²) in [7, 11) is 1.75. The monoisotopic (exact) mass is 294 g/mol. The Labute approximate surface area is 122 Å². The highest BCUT2D eigenvalue weighted by atomic mass is 19.1. The highest BCUT2D eigenvalue weighted by Crippen LogP contribution is 2.18. The van der Waals surface area contributed by atoms with E-state index in [4.69, 9.17) is 5.73 Å². The van der Waals surface area contributed by atoms with Gasteiger partial charge in [-0.25, -0.2) is 13.2 Å². The standard InChI is InChI=1S/C16H17F3N2/c1-21(9-11-4-2-3-5-14(11)18)10-16(20)13-8-12(17)6-7-15(13)19/h2-8,16H,9-10,20H2,1H3. The van der Waals surface area contributed by atoms with Gasteiger partial charge in [-0.2, -0.15) is 0 Å². The molecule has 0 fully saturated rings. The van der Waals surface area contributed by atoms with Crippen LogP contribution in [0.3, 0.4) is 0 Å². The van der Waals surface area contributed by atoms with Crippen molar-refractivity contribution in [3.8, 4) is 0 Å². The molecule has 5 heteroatoms. The lowest BCUT2D eigenvalue weighted by Gasteiger charge is -2.22. The van der Waals surface area contributed by atoms with E-state index in [1.807, 2.05) is 0 Å². The number of halogens is 3. The van der Waals surface area contributed by atoms with Crippen molar-refractivity contribution in [1.29, 1.82) is 0 Å². The van der Waals surface area contributed by atoms with Gasteiger partial charge in [-0.1, -0.05) is 18.2 Å². The number of nitrogens with two attached hydrogens (primary N) is 1. The van der Waals surface area contributed by atoms with Crippen molar-refractivity contribution in [3.05, 3.63) is 71.0 Å². The van der Waals surface area contributed by atoms with Crippen molar-refractivity contribution in [2.75, 3.05) is 13.6 Å². The topological polar surface area (TPSA) is 29.3 Å². The van der Waals surface area contributed by atoms with Gasteiger partial charge in [0.25, 0.3) is 0 Å². The Kier molecular flexibility index (Phi) is 4.98. The second kappa shape index (κ2) is 6.74. The van der Waals surface area contributed by atoms with Gasteiger partial charge in [0, 0.05) is 30.3 Å². The highest BCUT2D eigenvalue weighted by Gasteiger charge is 2.15. The lowest BCUT2D eigenvalue weighted by Crippen LogP contribution is -2.29. The SMILES string of the molecule is CN(Cc1ccccc1F)CC(N)c1cc(F)ccc1F. The van der Waals surface area contributed by atoms with Crippen molar-refractivity contribution in [2.24, 2.45) is 5.73 Å². The zero-order valence-electron chi connectivity index (χ0n) is 11.7. The third kappa shape index (κ3) is 4.06. The molecule has 0 amide bonds. The predicted octanol–water partition coefficient (Wildman–Crippen LogP) is 3.24. The molecule has 0 saturated heterocycles. The Hall–Kier alpha value is -1.85. The largest absolute Gasteiger partial charge is 0.323 e. The van der Waals surface area contributed by atoms with Crippen molar-refractivity contribution in [1.82, 2.24) is 4.90 Å². The van der Waals surface area contributed by atoms with Crippen LogP contribution in [0.4, 0.5) is 13.2 Å². The van der Waals surface area contributed by atoms with Crippen LogP contribution in [0, 0.1) is 17.5 Å². The van der Waals surface area contributed by atoms with Gasteiger partial charge < -0.3 is 10.6 Å². The van der Waals surface area contributed by atoms with E-state index in [0.29, 0.717) is 12.1 Å². The number of hydrogen-bond donors (Lipinski definition) is 1. The summed E-state index contributed by atoms with van der Waals surface area (Å²) in [5.74, 6) is -1.36. The third-order valence-electron chi connectivity index (χ3n) is 3.26. The number of nitrogens with zero attached hydrogens (tertiary/aromatic N) is 1. The van der Waals surface area contributed by atoms with Crippen LogP contribution < -0.4 is 5.73 Å². The van der Waals surface area contributed by atoms with Gasteiger partial charge in [-0.05, 0) is 31.3 Å². The van der Waals surface area contributed by atoms with E-state index in [1.54, 1.807) is 30.1 Å². The zero-order valence-corrected chi connectivity index (χ0v) is 11.7.